The predicted molar refractivity (Wildman–Crippen MR) is 134 cm³/mol. The molecule has 0 radical (unpaired) electrons. The van der Waals surface area contributed by atoms with Crippen molar-refractivity contribution in [2.75, 3.05) is 6.61 Å². The molecule has 1 aliphatic heterocycles. The van der Waals surface area contributed by atoms with Gasteiger partial charge in [0.15, 0.2) is 0 Å². The summed E-state index contributed by atoms with van der Waals surface area (Å²) in [4.78, 5) is 38.7. The van der Waals surface area contributed by atoms with Crippen molar-refractivity contribution in [1.82, 2.24) is 14.6 Å². The first kappa shape index (κ1) is 26.8. The molecule has 1 unspecified atom stereocenters. The number of nitrogens with zero attached hydrogens (tertiary/aromatic N) is 1. The molecule has 206 valence electrons. The number of aromatic nitrogens is 2. The number of ether oxygens (including phenoxy) is 2. The average Bonchev–Trinajstić information content (AvgIpc) is 3.44. The fourth-order valence-corrected chi connectivity index (χ4v) is 6.61. The predicted octanol–water partition coefficient (Wildman–Crippen LogP) is 2.24. The maximum atomic E-state index is 13.8. The average molecular weight is 550 g/mol. The highest BCUT2D eigenvalue weighted by molar-refractivity contribution is 7.52. The summed E-state index contributed by atoms with van der Waals surface area (Å²) in [6.45, 7) is 1.17. The van der Waals surface area contributed by atoms with Crippen molar-refractivity contribution in [3.63, 3.8) is 0 Å². The standard InChI is InChI=1S/C25H32N3O9P/c1-16(22(31)35-17-7-5-6-8-17)27-38(33,37-18-9-3-2-4-10-18)34-15-19-21(30)25(12-13-25)23(36-19)28-14-11-20(29)26-24(28)32/h2-4,9-11,14,16-17,19,21,23,30H,5-8,12-13,15H2,1H3,(H,27,33)(H,26,29,32)/t16-,19+,21+,23+,38?/m0/s1. The van der Waals surface area contributed by atoms with Crippen LogP contribution < -0.4 is 20.9 Å². The Kier molecular flexibility index (Phi) is 7.61. The minimum atomic E-state index is -4.16. The Morgan fingerprint density at radius 3 is 2.61 bits per heavy atom. The van der Waals surface area contributed by atoms with E-state index in [1.165, 1.54) is 23.8 Å². The molecule has 1 saturated heterocycles. The molecule has 3 N–H and O–H groups in total. The number of aromatic amines is 1. The minimum Gasteiger partial charge on any atom is -0.461 e. The monoisotopic (exact) mass is 549 g/mol. The molecule has 2 aliphatic carbocycles. The van der Waals surface area contributed by atoms with Gasteiger partial charge in [-0.1, -0.05) is 18.2 Å². The van der Waals surface area contributed by atoms with Gasteiger partial charge in [0, 0.05) is 17.7 Å². The van der Waals surface area contributed by atoms with Crippen LogP contribution in [0.15, 0.2) is 52.2 Å². The molecular formula is C25H32N3O9P. The summed E-state index contributed by atoms with van der Waals surface area (Å²) < 4.78 is 38.0. The SMILES string of the molecule is C[C@H](NP(=O)(OC[C@H]1O[C@@H](n2ccc(=O)[nH]c2=O)C2(CC2)[C@@H]1O)Oc1ccccc1)C(=O)OC1CCCC1. The van der Waals surface area contributed by atoms with Crippen molar-refractivity contribution in [1.29, 1.82) is 0 Å². The van der Waals surface area contributed by atoms with Crippen LogP contribution in [0.1, 0.15) is 51.7 Å². The van der Waals surface area contributed by atoms with E-state index in [9.17, 15) is 24.1 Å². The topological polar surface area (TPSA) is 158 Å². The molecule has 1 spiro atoms. The number of para-hydroxylation sites is 1. The number of carbonyl (C=O) groups excluding carboxylic acids is 1. The van der Waals surface area contributed by atoms with Gasteiger partial charge in [-0.05, 0) is 57.6 Å². The Morgan fingerprint density at radius 2 is 1.95 bits per heavy atom. The smallest absolute Gasteiger partial charge is 0.459 e. The van der Waals surface area contributed by atoms with Crippen LogP contribution in [-0.2, 0) is 23.4 Å². The Balaban J connectivity index is 1.30. The highest BCUT2D eigenvalue weighted by Gasteiger charge is 2.64. The van der Waals surface area contributed by atoms with Crippen molar-refractivity contribution in [3.8, 4) is 5.75 Å². The Morgan fingerprint density at radius 1 is 1.24 bits per heavy atom. The minimum absolute atomic E-state index is 0.160. The van der Waals surface area contributed by atoms with Crippen molar-refractivity contribution < 1.29 is 33.0 Å². The second kappa shape index (κ2) is 10.8. The summed E-state index contributed by atoms with van der Waals surface area (Å²) >= 11 is 0. The van der Waals surface area contributed by atoms with Gasteiger partial charge in [-0.2, -0.15) is 5.09 Å². The van der Waals surface area contributed by atoms with Gasteiger partial charge in [0.25, 0.3) is 5.56 Å². The van der Waals surface area contributed by atoms with Gasteiger partial charge in [0.2, 0.25) is 0 Å². The molecule has 5 atom stereocenters. The number of aliphatic hydroxyl groups excluding tert-OH is 1. The number of benzene rings is 1. The number of aliphatic hydroxyl groups is 1. The van der Waals surface area contributed by atoms with Crippen molar-refractivity contribution in [3.05, 3.63) is 63.4 Å². The molecule has 13 heteroatoms. The normalized spacial score (nSPS) is 26.6. The molecule has 1 aromatic carbocycles. The molecule has 0 amide bonds. The van der Waals surface area contributed by atoms with Gasteiger partial charge < -0.3 is 19.1 Å². The molecule has 3 fully saturated rings. The second-order valence-corrected chi connectivity index (χ2v) is 11.8. The molecular weight excluding hydrogens is 517 g/mol. The first-order chi connectivity index (χ1) is 18.2. The highest BCUT2D eigenvalue weighted by Crippen LogP contribution is 2.62. The van der Waals surface area contributed by atoms with Crippen LogP contribution in [-0.4, -0.2) is 51.6 Å². The number of rotatable bonds is 10. The lowest BCUT2D eigenvalue weighted by Crippen LogP contribution is -2.38. The van der Waals surface area contributed by atoms with Crippen molar-refractivity contribution in [2.24, 2.45) is 5.41 Å². The largest absolute Gasteiger partial charge is 0.461 e. The number of nitrogens with one attached hydrogen (secondary N) is 2. The van der Waals surface area contributed by atoms with Crippen LogP contribution in [0.5, 0.6) is 5.75 Å². The Bertz CT molecular complexity index is 1300. The third-order valence-electron chi connectivity index (χ3n) is 7.34. The summed E-state index contributed by atoms with van der Waals surface area (Å²) in [5.41, 5.74) is -1.93. The molecule has 3 aliphatic rings. The van der Waals surface area contributed by atoms with Crippen LogP contribution in [0.25, 0.3) is 0 Å². The van der Waals surface area contributed by atoms with Gasteiger partial charge in [-0.15, -0.1) is 0 Å². The quantitative estimate of drug-likeness (QED) is 0.296. The third-order valence-corrected chi connectivity index (χ3v) is 8.98. The summed E-state index contributed by atoms with van der Waals surface area (Å²) in [7, 11) is -4.16. The zero-order chi connectivity index (χ0) is 26.9. The summed E-state index contributed by atoms with van der Waals surface area (Å²) in [5, 5.41) is 13.7. The number of esters is 1. The van der Waals surface area contributed by atoms with Crippen LogP contribution in [0.3, 0.4) is 0 Å². The lowest BCUT2D eigenvalue weighted by Gasteiger charge is -2.25. The molecule has 2 heterocycles. The van der Waals surface area contributed by atoms with Crippen LogP contribution >= 0.6 is 7.75 Å². The second-order valence-electron chi connectivity index (χ2n) is 10.1. The zero-order valence-electron chi connectivity index (χ0n) is 21.0. The maximum Gasteiger partial charge on any atom is 0.459 e. The van der Waals surface area contributed by atoms with Gasteiger partial charge >= 0.3 is 19.4 Å². The first-order valence-electron chi connectivity index (χ1n) is 12.8. The molecule has 0 bridgehead atoms. The van der Waals surface area contributed by atoms with E-state index < -0.39 is 54.9 Å². The molecule has 1 aromatic heterocycles. The van der Waals surface area contributed by atoms with E-state index in [4.69, 9.17) is 18.5 Å². The third kappa shape index (κ3) is 5.64. The molecule has 5 rings (SSSR count). The van der Waals surface area contributed by atoms with Gasteiger partial charge in [0.05, 0.1) is 12.7 Å². The maximum absolute atomic E-state index is 13.8. The highest BCUT2D eigenvalue weighted by atomic mass is 31.2. The number of H-pyrrole nitrogens is 1. The van der Waals surface area contributed by atoms with Crippen molar-refractivity contribution in [2.45, 2.75) is 76.0 Å². The molecule has 38 heavy (non-hydrogen) atoms. The number of hydrogen-bond acceptors (Lipinski definition) is 9. The van der Waals surface area contributed by atoms with Crippen LogP contribution in [0, 0.1) is 5.41 Å². The summed E-state index contributed by atoms with van der Waals surface area (Å²) in [5.74, 6) is -0.312. The Hall–Kier alpha value is -2.76. The lowest BCUT2D eigenvalue weighted by molar-refractivity contribution is -0.150. The molecule has 2 saturated carbocycles. The van der Waals surface area contributed by atoms with E-state index >= 15 is 0 Å². The number of carbonyl (C=O) groups is 1. The van der Waals surface area contributed by atoms with Crippen molar-refractivity contribution >= 4 is 13.7 Å². The first-order valence-corrected chi connectivity index (χ1v) is 14.4. The number of hydrogen-bond donors (Lipinski definition) is 3. The van der Waals surface area contributed by atoms with Crippen LogP contribution in [0.2, 0.25) is 0 Å². The van der Waals surface area contributed by atoms with Crippen LogP contribution in [0.4, 0.5) is 0 Å². The molecule has 2 aromatic rings. The Labute approximate surface area is 218 Å². The zero-order valence-corrected chi connectivity index (χ0v) is 21.9. The van der Waals surface area contributed by atoms with E-state index in [0.29, 0.717) is 12.8 Å². The van der Waals surface area contributed by atoms with E-state index in [-0.39, 0.29) is 18.5 Å². The van der Waals surface area contributed by atoms with Gasteiger partial charge in [0.1, 0.15) is 30.2 Å². The van der Waals surface area contributed by atoms with Gasteiger partial charge in [-0.3, -0.25) is 23.7 Å². The van der Waals surface area contributed by atoms with E-state index in [1.54, 1.807) is 30.3 Å². The van der Waals surface area contributed by atoms with E-state index in [2.05, 4.69) is 10.1 Å². The molecule has 12 nitrogen and oxygen atoms in total. The van der Waals surface area contributed by atoms with E-state index in [1.807, 2.05) is 0 Å². The van der Waals surface area contributed by atoms with Gasteiger partial charge in [-0.25, -0.2) is 9.36 Å². The lowest BCUT2D eigenvalue weighted by atomic mass is 9.96. The fraction of sp³-hybridized carbons (Fsp3) is 0.560. The van der Waals surface area contributed by atoms with E-state index in [0.717, 1.165) is 25.7 Å². The summed E-state index contributed by atoms with van der Waals surface area (Å²) in [6, 6.07) is 8.56. The fourth-order valence-electron chi connectivity index (χ4n) is 5.11. The summed E-state index contributed by atoms with van der Waals surface area (Å²) in [6.07, 6.45) is 3.14.